The van der Waals surface area contributed by atoms with Gasteiger partial charge in [0.05, 0.1) is 11.2 Å². The number of anilines is 2. The minimum atomic E-state index is 0.318. The second-order valence-electron chi connectivity index (χ2n) is 7.24. The number of fused-ring (bicyclic) bond motifs is 5. The fourth-order valence-electron chi connectivity index (χ4n) is 3.92. The Labute approximate surface area is 172 Å². The summed E-state index contributed by atoms with van der Waals surface area (Å²) >= 11 is 7.68. The third-order valence-electron chi connectivity index (χ3n) is 5.37. The van der Waals surface area contributed by atoms with Gasteiger partial charge in [0.15, 0.2) is 5.65 Å². The van der Waals surface area contributed by atoms with E-state index in [1.165, 1.54) is 24.6 Å². The first-order chi connectivity index (χ1) is 13.7. The van der Waals surface area contributed by atoms with Crippen molar-refractivity contribution in [2.45, 2.75) is 28.8 Å². The van der Waals surface area contributed by atoms with Crippen molar-refractivity contribution >= 4 is 46.2 Å². The lowest BCUT2D eigenvalue weighted by Crippen LogP contribution is -2.44. The van der Waals surface area contributed by atoms with E-state index in [1.54, 1.807) is 6.20 Å². The van der Waals surface area contributed by atoms with Crippen molar-refractivity contribution in [3.8, 4) is 0 Å². The average Bonchev–Trinajstić information content (AvgIpc) is 3.07. The van der Waals surface area contributed by atoms with E-state index in [4.69, 9.17) is 22.3 Å². The van der Waals surface area contributed by atoms with Crippen molar-refractivity contribution in [1.29, 1.82) is 0 Å². The molecule has 0 saturated carbocycles. The maximum atomic E-state index is 6.24. The summed E-state index contributed by atoms with van der Waals surface area (Å²) in [5, 5.41) is 4.79. The van der Waals surface area contributed by atoms with E-state index in [0.717, 1.165) is 40.9 Å². The number of halogens is 1. The quantitative estimate of drug-likeness (QED) is 0.676. The zero-order valence-electron chi connectivity index (χ0n) is 15.2. The standard InChI is InChI=1S/C19H20ClN7S/c20-17-14(5-6-23-18(17)21)28-16-4-3-13-19(26-16)24-9-15(25-13)27-10-11-1-2-12(27)8-22-7-11/h3-6,9,11-12,22H,1-2,7-8,10H2,(H2,21,23). The van der Waals surface area contributed by atoms with Gasteiger partial charge in [0, 0.05) is 30.2 Å². The van der Waals surface area contributed by atoms with Gasteiger partial charge in [-0.15, -0.1) is 0 Å². The van der Waals surface area contributed by atoms with Crippen molar-refractivity contribution in [2.24, 2.45) is 5.92 Å². The van der Waals surface area contributed by atoms with Gasteiger partial charge in [0.2, 0.25) is 0 Å². The number of piperidine rings is 1. The number of hydrogen-bond acceptors (Lipinski definition) is 8. The molecule has 6 rings (SSSR count). The highest BCUT2D eigenvalue weighted by atomic mass is 35.5. The van der Waals surface area contributed by atoms with Crippen molar-refractivity contribution in [2.75, 3.05) is 30.3 Å². The Hall–Kier alpha value is -2.16. The molecule has 3 saturated heterocycles. The van der Waals surface area contributed by atoms with Gasteiger partial charge in [0.25, 0.3) is 0 Å². The Morgan fingerprint density at radius 2 is 2.07 bits per heavy atom. The molecule has 3 aromatic rings. The molecule has 0 radical (unpaired) electrons. The highest BCUT2D eigenvalue weighted by Crippen LogP contribution is 2.35. The Balaban J connectivity index is 1.42. The lowest BCUT2D eigenvalue weighted by atomic mass is 9.95. The van der Waals surface area contributed by atoms with E-state index in [-0.39, 0.29) is 0 Å². The highest BCUT2D eigenvalue weighted by Gasteiger charge is 2.32. The smallest absolute Gasteiger partial charge is 0.179 e. The van der Waals surface area contributed by atoms with Gasteiger partial charge >= 0.3 is 0 Å². The summed E-state index contributed by atoms with van der Waals surface area (Å²) in [5.74, 6) is 1.95. The van der Waals surface area contributed by atoms with Gasteiger partial charge in [-0.25, -0.2) is 19.9 Å². The third-order valence-corrected chi connectivity index (χ3v) is 6.88. The predicted molar refractivity (Wildman–Crippen MR) is 112 cm³/mol. The van der Waals surface area contributed by atoms with Gasteiger partial charge in [-0.05, 0) is 43.5 Å². The maximum Gasteiger partial charge on any atom is 0.179 e. The molecule has 7 nitrogen and oxygen atoms in total. The zero-order valence-corrected chi connectivity index (χ0v) is 16.7. The molecule has 9 heteroatoms. The summed E-state index contributed by atoms with van der Waals surface area (Å²) in [5.41, 5.74) is 7.21. The van der Waals surface area contributed by atoms with Crippen LogP contribution in [0.5, 0.6) is 0 Å². The van der Waals surface area contributed by atoms with Crippen molar-refractivity contribution in [3.05, 3.63) is 35.6 Å². The largest absolute Gasteiger partial charge is 0.382 e. The molecular weight excluding hydrogens is 394 g/mol. The monoisotopic (exact) mass is 413 g/mol. The number of nitrogen functional groups attached to an aromatic ring is 1. The normalized spacial score (nSPS) is 21.8. The fraction of sp³-hybridized carbons (Fsp3) is 0.368. The minimum absolute atomic E-state index is 0.318. The van der Waals surface area contributed by atoms with E-state index >= 15 is 0 Å². The van der Waals surface area contributed by atoms with E-state index in [9.17, 15) is 0 Å². The third kappa shape index (κ3) is 3.36. The van der Waals surface area contributed by atoms with E-state index in [1.807, 2.05) is 24.4 Å². The molecule has 28 heavy (non-hydrogen) atoms. The Morgan fingerprint density at radius 3 is 3.00 bits per heavy atom. The molecule has 2 bridgehead atoms. The molecule has 0 aromatic carbocycles. The van der Waals surface area contributed by atoms with Crippen LogP contribution in [0.15, 0.2) is 40.5 Å². The summed E-state index contributed by atoms with van der Waals surface area (Å²) in [4.78, 5) is 21.3. The second kappa shape index (κ2) is 7.35. The van der Waals surface area contributed by atoms with Crippen LogP contribution in [0.4, 0.5) is 11.6 Å². The lowest BCUT2D eigenvalue weighted by molar-refractivity contribution is 0.404. The van der Waals surface area contributed by atoms with Crippen molar-refractivity contribution < 1.29 is 0 Å². The SMILES string of the molecule is Nc1nccc(Sc2ccc3nc(N4CC5CCC4CNC5)cnc3n2)c1Cl. The summed E-state index contributed by atoms with van der Waals surface area (Å²) < 4.78 is 0. The fourth-order valence-corrected chi connectivity index (χ4v) is 4.97. The van der Waals surface area contributed by atoms with Gasteiger partial charge in [0.1, 0.15) is 22.2 Å². The topological polar surface area (TPSA) is 92.8 Å². The molecule has 3 aliphatic rings. The molecule has 2 unspecified atom stereocenters. The molecule has 3 N–H and O–H groups in total. The summed E-state index contributed by atoms with van der Waals surface area (Å²) in [6.45, 7) is 3.15. The van der Waals surface area contributed by atoms with Crippen LogP contribution in [0.2, 0.25) is 5.02 Å². The number of rotatable bonds is 3. The molecule has 0 spiro atoms. The molecule has 6 heterocycles. The van der Waals surface area contributed by atoms with E-state index in [2.05, 4.69) is 25.2 Å². The average molecular weight is 414 g/mol. The summed E-state index contributed by atoms with van der Waals surface area (Å²) in [7, 11) is 0. The van der Waals surface area contributed by atoms with E-state index in [0.29, 0.717) is 28.4 Å². The lowest BCUT2D eigenvalue weighted by Gasteiger charge is -2.36. The maximum absolute atomic E-state index is 6.24. The molecule has 2 atom stereocenters. The predicted octanol–water partition coefficient (Wildman–Crippen LogP) is 2.99. The number of nitrogens with zero attached hydrogens (tertiary/aromatic N) is 5. The van der Waals surface area contributed by atoms with Crippen molar-refractivity contribution in [3.63, 3.8) is 0 Å². The first-order valence-electron chi connectivity index (χ1n) is 9.36. The van der Waals surface area contributed by atoms with Gasteiger partial charge in [-0.3, -0.25) is 0 Å². The molecule has 0 aliphatic carbocycles. The summed E-state index contributed by atoms with van der Waals surface area (Å²) in [6, 6.07) is 6.22. The van der Waals surface area contributed by atoms with Crippen molar-refractivity contribution in [1.82, 2.24) is 25.3 Å². The van der Waals surface area contributed by atoms with Crippen LogP contribution < -0.4 is 16.0 Å². The van der Waals surface area contributed by atoms with Crippen LogP contribution >= 0.6 is 23.4 Å². The second-order valence-corrected chi connectivity index (χ2v) is 8.68. The van der Waals surface area contributed by atoms with Crippen LogP contribution in [-0.4, -0.2) is 45.6 Å². The number of aromatic nitrogens is 4. The van der Waals surface area contributed by atoms with Crippen LogP contribution in [-0.2, 0) is 0 Å². The Bertz CT molecular complexity index is 1030. The first-order valence-corrected chi connectivity index (χ1v) is 10.6. The number of nitrogens with one attached hydrogen (secondary N) is 1. The number of pyridine rings is 2. The minimum Gasteiger partial charge on any atom is -0.382 e. The Morgan fingerprint density at radius 1 is 1.14 bits per heavy atom. The zero-order chi connectivity index (χ0) is 19.1. The molecule has 144 valence electrons. The first kappa shape index (κ1) is 17.9. The van der Waals surface area contributed by atoms with Gasteiger partial charge < -0.3 is 16.0 Å². The Kier molecular flexibility index (Phi) is 4.70. The molecule has 3 aliphatic heterocycles. The number of nitrogens with two attached hydrogens (primary N) is 1. The van der Waals surface area contributed by atoms with Crippen LogP contribution in [0.1, 0.15) is 12.8 Å². The van der Waals surface area contributed by atoms with Gasteiger partial charge in [-0.2, -0.15) is 0 Å². The molecule has 3 fully saturated rings. The number of hydrogen-bond donors (Lipinski definition) is 2. The van der Waals surface area contributed by atoms with Crippen LogP contribution in [0, 0.1) is 5.92 Å². The summed E-state index contributed by atoms with van der Waals surface area (Å²) in [6.07, 6.45) is 5.99. The highest BCUT2D eigenvalue weighted by molar-refractivity contribution is 7.99. The molecule has 0 amide bonds. The van der Waals surface area contributed by atoms with Crippen LogP contribution in [0.25, 0.3) is 11.2 Å². The van der Waals surface area contributed by atoms with Crippen LogP contribution in [0.3, 0.4) is 0 Å². The molecule has 3 aromatic heterocycles. The van der Waals surface area contributed by atoms with E-state index < -0.39 is 0 Å². The molecular formula is C19H20ClN7S. The van der Waals surface area contributed by atoms with Gasteiger partial charge in [-0.1, -0.05) is 23.4 Å².